The first kappa shape index (κ1) is 13.6. The predicted octanol–water partition coefficient (Wildman–Crippen LogP) is 3.71. The molecule has 0 aliphatic heterocycles. The van der Waals surface area contributed by atoms with Crippen molar-refractivity contribution in [1.82, 2.24) is 0 Å². The van der Waals surface area contributed by atoms with E-state index in [0.717, 1.165) is 16.0 Å². The van der Waals surface area contributed by atoms with E-state index in [9.17, 15) is 4.79 Å². The van der Waals surface area contributed by atoms with E-state index in [2.05, 4.69) is 26.0 Å². The van der Waals surface area contributed by atoms with Gasteiger partial charge in [-0.25, -0.2) is 4.79 Å². The highest BCUT2D eigenvalue weighted by Gasteiger charge is 2.21. The molecule has 0 aliphatic carbocycles. The Labute approximate surface area is 117 Å². The van der Waals surface area contributed by atoms with Crippen molar-refractivity contribution >= 4 is 23.0 Å². The molecule has 0 saturated carbocycles. The van der Waals surface area contributed by atoms with E-state index < -0.39 is 0 Å². The molecule has 2 aromatic rings. The zero-order valence-electron chi connectivity index (χ0n) is 11.5. The van der Waals surface area contributed by atoms with Crippen LogP contribution in [0.5, 0.6) is 0 Å². The van der Waals surface area contributed by atoms with Crippen LogP contribution >= 0.6 is 11.3 Å². The van der Waals surface area contributed by atoms with E-state index in [1.165, 1.54) is 29.6 Å². The van der Waals surface area contributed by atoms with Crippen LogP contribution in [0.3, 0.4) is 0 Å². The fraction of sp³-hybridized carbons (Fsp3) is 0.267. The molecule has 1 heterocycles. The fourth-order valence-electron chi connectivity index (χ4n) is 2.18. The van der Waals surface area contributed by atoms with Gasteiger partial charge in [0.05, 0.1) is 12.8 Å². The monoisotopic (exact) mass is 275 g/mol. The second-order valence-corrected chi connectivity index (χ2v) is 5.58. The highest BCUT2D eigenvalue weighted by Crippen LogP contribution is 2.41. The Morgan fingerprint density at radius 2 is 1.79 bits per heavy atom. The van der Waals surface area contributed by atoms with Gasteiger partial charge in [0.2, 0.25) is 0 Å². The van der Waals surface area contributed by atoms with Gasteiger partial charge in [-0.3, -0.25) is 0 Å². The van der Waals surface area contributed by atoms with E-state index in [1.807, 2.05) is 13.0 Å². The molecule has 0 saturated heterocycles. The van der Waals surface area contributed by atoms with Crippen LogP contribution in [0.1, 0.15) is 26.4 Å². The number of aryl methyl sites for hydroxylation is 2. The number of thiophene rings is 1. The number of nitrogen functional groups attached to an aromatic ring is 1. The Morgan fingerprint density at radius 1 is 1.21 bits per heavy atom. The molecule has 0 atom stereocenters. The quantitative estimate of drug-likeness (QED) is 0.850. The predicted molar refractivity (Wildman–Crippen MR) is 79.7 cm³/mol. The van der Waals surface area contributed by atoms with E-state index in [4.69, 9.17) is 10.5 Å². The SMILES string of the molecule is COC(=O)c1sc(-c2c(C)cccc2C)c(C)c1N. The first-order chi connectivity index (χ1) is 8.97. The molecule has 0 bridgehead atoms. The van der Waals surface area contributed by atoms with Crippen molar-refractivity contribution in [2.75, 3.05) is 12.8 Å². The van der Waals surface area contributed by atoms with Crippen molar-refractivity contribution in [1.29, 1.82) is 0 Å². The van der Waals surface area contributed by atoms with Crippen LogP contribution in [-0.2, 0) is 4.74 Å². The van der Waals surface area contributed by atoms with E-state index in [-0.39, 0.29) is 5.97 Å². The van der Waals surface area contributed by atoms with Crippen LogP contribution in [0.2, 0.25) is 0 Å². The lowest BCUT2D eigenvalue weighted by Crippen LogP contribution is -2.01. The summed E-state index contributed by atoms with van der Waals surface area (Å²) >= 11 is 1.40. The van der Waals surface area contributed by atoms with Gasteiger partial charge in [-0.15, -0.1) is 11.3 Å². The molecule has 3 nitrogen and oxygen atoms in total. The molecule has 0 unspecified atom stereocenters. The second kappa shape index (κ2) is 5.05. The van der Waals surface area contributed by atoms with Crippen molar-refractivity contribution in [2.24, 2.45) is 0 Å². The number of esters is 1. The summed E-state index contributed by atoms with van der Waals surface area (Å²) in [5.41, 5.74) is 11.0. The Kier molecular flexibility index (Phi) is 3.62. The summed E-state index contributed by atoms with van der Waals surface area (Å²) in [6.07, 6.45) is 0. The topological polar surface area (TPSA) is 52.3 Å². The van der Waals surface area contributed by atoms with Crippen LogP contribution in [0.4, 0.5) is 5.69 Å². The average Bonchev–Trinajstić information content (AvgIpc) is 2.66. The largest absolute Gasteiger partial charge is 0.465 e. The fourth-order valence-corrected chi connectivity index (χ4v) is 3.50. The first-order valence-corrected chi connectivity index (χ1v) is 6.82. The Hall–Kier alpha value is -1.81. The number of benzene rings is 1. The second-order valence-electron chi connectivity index (χ2n) is 4.56. The minimum absolute atomic E-state index is 0.372. The molecule has 0 spiro atoms. The molecular formula is C15H17NO2S. The van der Waals surface area contributed by atoms with Crippen molar-refractivity contribution in [3.8, 4) is 10.4 Å². The van der Waals surface area contributed by atoms with Crippen LogP contribution in [0, 0.1) is 20.8 Å². The lowest BCUT2D eigenvalue weighted by Gasteiger charge is -2.08. The maximum Gasteiger partial charge on any atom is 0.350 e. The summed E-state index contributed by atoms with van der Waals surface area (Å²) in [6, 6.07) is 6.16. The van der Waals surface area contributed by atoms with Gasteiger partial charge in [0.15, 0.2) is 0 Å². The molecule has 100 valence electrons. The summed E-state index contributed by atoms with van der Waals surface area (Å²) in [5.74, 6) is -0.372. The van der Waals surface area contributed by atoms with E-state index in [1.54, 1.807) is 0 Å². The molecule has 0 radical (unpaired) electrons. The van der Waals surface area contributed by atoms with Crippen LogP contribution in [0.25, 0.3) is 10.4 Å². The lowest BCUT2D eigenvalue weighted by atomic mass is 9.99. The molecule has 0 fully saturated rings. The molecule has 1 aromatic heterocycles. The number of methoxy groups -OCH3 is 1. The highest BCUT2D eigenvalue weighted by atomic mass is 32.1. The smallest absolute Gasteiger partial charge is 0.350 e. The molecule has 2 rings (SSSR count). The van der Waals surface area contributed by atoms with Gasteiger partial charge >= 0.3 is 5.97 Å². The minimum atomic E-state index is -0.372. The van der Waals surface area contributed by atoms with E-state index in [0.29, 0.717) is 10.6 Å². The summed E-state index contributed by atoms with van der Waals surface area (Å²) in [6.45, 7) is 6.07. The third-order valence-corrected chi connectivity index (χ3v) is 4.58. The van der Waals surface area contributed by atoms with Crippen molar-refractivity contribution in [3.63, 3.8) is 0 Å². The van der Waals surface area contributed by atoms with Crippen LogP contribution < -0.4 is 5.73 Å². The molecular weight excluding hydrogens is 258 g/mol. The third-order valence-electron chi connectivity index (χ3n) is 3.27. The molecule has 2 N–H and O–H groups in total. The molecule has 0 amide bonds. The number of rotatable bonds is 2. The van der Waals surface area contributed by atoms with Crippen LogP contribution in [0.15, 0.2) is 18.2 Å². The van der Waals surface area contributed by atoms with Crippen molar-refractivity contribution in [2.45, 2.75) is 20.8 Å². The maximum absolute atomic E-state index is 11.7. The number of hydrogen-bond acceptors (Lipinski definition) is 4. The minimum Gasteiger partial charge on any atom is -0.465 e. The first-order valence-electron chi connectivity index (χ1n) is 6.01. The normalized spacial score (nSPS) is 10.5. The molecule has 4 heteroatoms. The van der Waals surface area contributed by atoms with Gasteiger partial charge in [-0.2, -0.15) is 0 Å². The average molecular weight is 275 g/mol. The summed E-state index contributed by atoms with van der Waals surface area (Å²) < 4.78 is 4.77. The summed E-state index contributed by atoms with van der Waals surface area (Å²) in [5, 5.41) is 0. The molecule has 1 aromatic carbocycles. The molecule has 0 aliphatic rings. The van der Waals surface area contributed by atoms with Gasteiger partial charge in [0, 0.05) is 4.88 Å². The van der Waals surface area contributed by atoms with Crippen molar-refractivity contribution in [3.05, 3.63) is 39.8 Å². The van der Waals surface area contributed by atoms with Crippen molar-refractivity contribution < 1.29 is 9.53 Å². The van der Waals surface area contributed by atoms with Gasteiger partial charge in [0.25, 0.3) is 0 Å². The maximum atomic E-state index is 11.7. The Balaban J connectivity index is 2.68. The number of hydrogen-bond donors (Lipinski definition) is 1. The van der Waals surface area contributed by atoms with Crippen LogP contribution in [-0.4, -0.2) is 13.1 Å². The zero-order chi connectivity index (χ0) is 14.2. The Morgan fingerprint density at radius 3 is 2.32 bits per heavy atom. The standard InChI is InChI=1S/C15H17NO2S/c1-8-6-5-7-9(2)11(8)13-10(3)12(16)14(19-13)15(17)18-4/h5-7H,16H2,1-4H3. The number of anilines is 1. The number of carbonyl (C=O) groups is 1. The van der Waals surface area contributed by atoms with Gasteiger partial charge in [-0.05, 0) is 43.0 Å². The Bertz CT molecular complexity index is 624. The summed E-state index contributed by atoms with van der Waals surface area (Å²) in [4.78, 5) is 13.2. The number of carbonyl (C=O) groups excluding carboxylic acids is 1. The third kappa shape index (κ3) is 2.24. The molecule has 19 heavy (non-hydrogen) atoms. The zero-order valence-corrected chi connectivity index (χ0v) is 12.4. The summed E-state index contributed by atoms with van der Waals surface area (Å²) in [7, 11) is 1.37. The number of nitrogens with two attached hydrogens (primary N) is 1. The number of ether oxygens (including phenoxy) is 1. The van der Waals surface area contributed by atoms with Gasteiger partial charge in [-0.1, -0.05) is 18.2 Å². The van der Waals surface area contributed by atoms with Gasteiger partial charge < -0.3 is 10.5 Å². The lowest BCUT2D eigenvalue weighted by molar-refractivity contribution is 0.0607. The highest BCUT2D eigenvalue weighted by molar-refractivity contribution is 7.18. The van der Waals surface area contributed by atoms with E-state index >= 15 is 0 Å². The van der Waals surface area contributed by atoms with Gasteiger partial charge in [0.1, 0.15) is 4.88 Å².